The maximum atomic E-state index is 11.9. The van der Waals surface area contributed by atoms with Crippen molar-refractivity contribution < 1.29 is 19.1 Å². The van der Waals surface area contributed by atoms with Crippen molar-refractivity contribution in [3.05, 3.63) is 56.5 Å². The van der Waals surface area contributed by atoms with Gasteiger partial charge in [-0.2, -0.15) is 0 Å². The van der Waals surface area contributed by atoms with Crippen molar-refractivity contribution in [2.45, 2.75) is 12.8 Å². The molecule has 0 aliphatic carbocycles. The van der Waals surface area contributed by atoms with Gasteiger partial charge in [-0.25, -0.2) is 0 Å². The number of rotatable bonds is 7. The molecule has 0 saturated carbocycles. The fourth-order valence-electron chi connectivity index (χ4n) is 2.01. The van der Waals surface area contributed by atoms with Crippen LogP contribution in [0.3, 0.4) is 0 Å². The third kappa shape index (κ3) is 7.20. The lowest BCUT2D eigenvalue weighted by atomic mass is 10.2. The summed E-state index contributed by atoms with van der Waals surface area (Å²) < 4.78 is 4.84. The minimum atomic E-state index is -0.698. The second-order valence-electron chi connectivity index (χ2n) is 5.51. The van der Waals surface area contributed by atoms with E-state index in [-0.39, 0.29) is 17.9 Å². The van der Waals surface area contributed by atoms with Crippen molar-refractivity contribution in [3.63, 3.8) is 0 Å². The highest BCUT2D eigenvalue weighted by Crippen LogP contribution is 2.26. The average molecular weight is 464 g/mol. The van der Waals surface area contributed by atoms with Crippen LogP contribution in [0.1, 0.15) is 12.8 Å². The molecule has 0 unspecified atom stereocenters. The fraction of sp³-hybridized carbons (Fsp3) is 0.167. The van der Waals surface area contributed by atoms with Crippen molar-refractivity contribution in [2.75, 3.05) is 17.2 Å². The number of nitrogens with one attached hydrogen (secondary N) is 2. The average Bonchev–Trinajstić information content (AvgIpc) is 2.64. The SMILES string of the molecule is O=C(COC(=O)CCC(=O)Nc1cc(Cl)ccc1Cl)Nc1ccc(Cl)c(Cl)c1. The van der Waals surface area contributed by atoms with Gasteiger partial charge in [-0.05, 0) is 36.4 Å². The summed E-state index contributed by atoms with van der Waals surface area (Å²) in [5.41, 5.74) is 0.752. The number of carbonyl (C=O) groups excluding carboxylic acids is 3. The summed E-state index contributed by atoms with van der Waals surface area (Å²) in [6, 6.07) is 9.16. The van der Waals surface area contributed by atoms with Gasteiger partial charge < -0.3 is 15.4 Å². The molecule has 0 bridgehead atoms. The van der Waals surface area contributed by atoms with E-state index in [2.05, 4.69) is 10.6 Å². The Morgan fingerprint density at radius 1 is 0.786 bits per heavy atom. The Balaban J connectivity index is 1.73. The molecule has 2 aromatic carbocycles. The Bertz CT molecular complexity index is 905. The summed E-state index contributed by atoms with van der Waals surface area (Å²) in [5.74, 6) is -1.69. The minimum absolute atomic E-state index is 0.143. The van der Waals surface area contributed by atoms with E-state index in [1.165, 1.54) is 18.2 Å². The molecule has 0 spiro atoms. The van der Waals surface area contributed by atoms with Crippen molar-refractivity contribution in [3.8, 4) is 0 Å². The lowest BCUT2D eigenvalue weighted by molar-refractivity contribution is -0.147. The van der Waals surface area contributed by atoms with E-state index in [1.807, 2.05) is 0 Å². The van der Waals surface area contributed by atoms with Crippen LogP contribution in [-0.4, -0.2) is 24.4 Å². The molecule has 28 heavy (non-hydrogen) atoms. The van der Waals surface area contributed by atoms with E-state index in [0.717, 1.165) is 0 Å². The Morgan fingerprint density at radius 3 is 2.21 bits per heavy atom. The molecule has 0 atom stereocenters. The van der Waals surface area contributed by atoms with E-state index in [1.54, 1.807) is 18.2 Å². The molecule has 2 aromatic rings. The van der Waals surface area contributed by atoms with Crippen LogP contribution >= 0.6 is 46.4 Å². The molecule has 0 fully saturated rings. The Kier molecular flexibility index (Phi) is 8.38. The second kappa shape index (κ2) is 10.5. The van der Waals surface area contributed by atoms with Gasteiger partial charge in [0.05, 0.1) is 27.2 Å². The topological polar surface area (TPSA) is 84.5 Å². The summed E-state index contributed by atoms with van der Waals surface area (Å²) >= 11 is 23.4. The smallest absolute Gasteiger partial charge is 0.306 e. The number of amides is 2. The molecular weight excluding hydrogens is 450 g/mol. The highest BCUT2D eigenvalue weighted by Gasteiger charge is 2.12. The van der Waals surface area contributed by atoms with Crippen LogP contribution in [0.2, 0.25) is 20.1 Å². The number of benzene rings is 2. The first-order valence-electron chi connectivity index (χ1n) is 7.90. The molecule has 2 amide bonds. The van der Waals surface area contributed by atoms with Crippen molar-refractivity contribution in [1.82, 2.24) is 0 Å². The molecule has 0 saturated heterocycles. The Labute approximate surface area is 181 Å². The van der Waals surface area contributed by atoms with Crippen LogP contribution in [0.5, 0.6) is 0 Å². The standard InChI is InChI=1S/C18H14Cl4N2O4/c19-10-1-3-13(21)15(7-10)24-16(25)5-6-18(27)28-9-17(26)23-11-2-4-12(20)14(22)8-11/h1-4,7-8H,5-6,9H2,(H,23,26)(H,24,25). The van der Waals surface area contributed by atoms with Gasteiger partial charge in [0.25, 0.3) is 5.91 Å². The normalized spacial score (nSPS) is 10.3. The molecule has 0 radical (unpaired) electrons. The van der Waals surface area contributed by atoms with E-state index < -0.39 is 24.4 Å². The summed E-state index contributed by atoms with van der Waals surface area (Å²) in [6.45, 7) is -0.499. The maximum Gasteiger partial charge on any atom is 0.306 e. The predicted octanol–water partition coefficient (Wildman–Crippen LogP) is 5.20. The molecule has 6 nitrogen and oxygen atoms in total. The minimum Gasteiger partial charge on any atom is -0.456 e. The first kappa shape index (κ1) is 22.3. The Hall–Kier alpha value is -1.99. The van der Waals surface area contributed by atoms with E-state index in [0.29, 0.717) is 26.4 Å². The molecule has 0 heterocycles. The summed E-state index contributed by atoms with van der Waals surface area (Å²) in [6.07, 6.45) is -0.347. The number of esters is 1. The highest BCUT2D eigenvalue weighted by molar-refractivity contribution is 6.42. The molecular formula is C18H14Cl4N2O4. The van der Waals surface area contributed by atoms with Crippen molar-refractivity contribution >= 4 is 75.6 Å². The van der Waals surface area contributed by atoms with Crippen LogP contribution < -0.4 is 10.6 Å². The largest absolute Gasteiger partial charge is 0.456 e. The zero-order valence-corrected chi connectivity index (χ0v) is 17.3. The van der Waals surface area contributed by atoms with E-state index >= 15 is 0 Å². The summed E-state index contributed by atoms with van der Waals surface area (Å²) in [5, 5.41) is 6.42. The van der Waals surface area contributed by atoms with Crippen LogP contribution in [0.4, 0.5) is 11.4 Å². The maximum absolute atomic E-state index is 11.9. The van der Waals surface area contributed by atoms with Gasteiger partial charge in [0, 0.05) is 17.1 Å². The van der Waals surface area contributed by atoms with Crippen LogP contribution in [0.15, 0.2) is 36.4 Å². The second-order valence-corrected chi connectivity index (χ2v) is 7.17. The third-order valence-electron chi connectivity index (χ3n) is 3.33. The van der Waals surface area contributed by atoms with Crippen molar-refractivity contribution in [1.29, 1.82) is 0 Å². The zero-order valence-electron chi connectivity index (χ0n) is 14.2. The molecule has 0 aliphatic heterocycles. The van der Waals surface area contributed by atoms with E-state index in [9.17, 15) is 14.4 Å². The van der Waals surface area contributed by atoms with Crippen LogP contribution in [0.25, 0.3) is 0 Å². The van der Waals surface area contributed by atoms with Crippen LogP contribution in [0, 0.1) is 0 Å². The van der Waals surface area contributed by atoms with Gasteiger partial charge in [0.1, 0.15) is 0 Å². The monoisotopic (exact) mass is 462 g/mol. The number of ether oxygens (including phenoxy) is 1. The molecule has 0 aliphatic rings. The van der Waals surface area contributed by atoms with Crippen molar-refractivity contribution in [2.24, 2.45) is 0 Å². The lowest BCUT2D eigenvalue weighted by Crippen LogP contribution is -2.21. The quantitative estimate of drug-likeness (QED) is 0.552. The van der Waals surface area contributed by atoms with E-state index in [4.69, 9.17) is 51.1 Å². The highest BCUT2D eigenvalue weighted by atomic mass is 35.5. The van der Waals surface area contributed by atoms with Gasteiger partial charge >= 0.3 is 5.97 Å². The molecule has 0 aromatic heterocycles. The lowest BCUT2D eigenvalue weighted by Gasteiger charge is -2.09. The summed E-state index contributed by atoms with van der Waals surface area (Å²) in [7, 11) is 0. The first-order valence-corrected chi connectivity index (χ1v) is 9.41. The van der Waals surface area contributed by atoms with Gasteiger partial charge in [0.2, 0.25) is 5.91 Å². The van der Waals surface area contributed by atoms with Gasteiger partial charge in [-0.1, -0.05) is 46.4 Å². The third-order valence-corrected chi connectivity index (χ3v) is 4.63. The first-order chi connectivity index (χ1) is 13.2. The Morgan fingerprint density at radius 2 is 1.50 bits per heavy atom. The summed E-state index contributed by atoms with van der Waals surface area (Å²) in [4.78, 5) is 35.4. The number of hydrogen-bond donors (Lipinski definition) is 2. The fourth-order valence-corrected chi connectivity index (χ4v) is 2.65. The molecule has 2 N–H and O–H groups in total. The number of anilines is 2. The van der Waals surface area contributed by atoms with Gasteiger partial charge in [0.15, 0.2) is 6.61 Å². The number of halogens is 4. The number of hydrogen-bond acceptors (Lipinski definition) is 4. The predicted molar refractivity (Wildman–Crippen MR) is 110 cm³/mol. The molecule has 2 rings (SSSR count). The zero-order chi connectivity index (χ0) is 20.7. The molecule has 148 valence electrons. The van der Waals surface area contributed by atoms with Gasteiger partial charge in [-0.15, -0.1) is 0 Å². The molecule has 10 heteroatoms. The number of carbonyl (C=O) groups is 3. The van der Waals surface area contributed by atoms with Gasteiger partial charge in [-0.3, -0.25) is 14.4 Å². The van der Waals surface area contributed by atoms with Crippen LogP contribution in [-0.2, 0) is 19.1 Å².